The zero-order valence-corrected chi connectivity index (χ0v) is 13.8. The number of halogens is 2. The fourth-order valence-electron chi connectivity index (χ4n) is 1.86. The molecule has 0 aliphatic carbocycles. The van der Waals surface area contributed by atoms with Gasteiger partial charge in [0.1, 0.15) is 5.82 Å². The molecule has 0 radical (unpaired) electrons. The molecular weight excluding hydrogens is 359 g/mol. The molecule has 2 rings (SSSR count). The first-order valence-corrected chi connectivity index (χ1v) is 8.33. The van der Waals surface area contributed by atoms with Gasteiger partial charge in [-0.15, -0.1) is 0 Å². The Morgan fingerprint density at radius 1 is 1.14 bits per heavy atom. The van der Waals surface area contributed by atoms with Gasteiger partial charge in [0.05, 0.1) is 16.3 Å². The summed E-state index contributed by atoms with van der Waals surface area (Å²) >= 11 is 3.29. The van der Waals surface area contributed by atoms with E-state index in [1.807, 2.05) is 6.07 Å². The first-order valence-electron chi connectivity index (χ1n) is 6.05. The maximum atomic E-state index is 13.3. The number of hydrogen-bond donors (Lipinski definition) is 2. The quantitative estimate of drug-likeness (QED) is 0.808. The second-order valence-electron chi connectivity index (χ2n) is 4.70. The van der Waals surface area contributed by atoms with E-state index in [4.69, 9.17) is 5.73 Å². The minimum atomic E-state index is -3.84. The Bertz CT molecular complexity index is 807. The van der Waals surface area contributed by atoms with Crippen molar-refractivity contribution in [3.8, 4) is 0 Å². The molecule has 2 aromatic rings. The maximum absolute atomic E-state index is 13.3. The lowest BCUT2D eigenvalue weighted by atomic mass is 10.2. The first-order chi connectivity index (χ1) is 9.70. The smallest absolute Gasteiger partial charge is 0.262 e. The number of hydrogen-bond acceptors (Lipinski definition) is 3. The van der Waals surface area contributed by atoms with Crippen LogP contribution in [-0.2, 0) is 10.0 Å². The molecule has 0 fully saturated rings. The van der Waals surface area contributed by atoms with Gasteiger partial charge in [0, 0.05) is 4.47 Å². The molecule has 3 N–H and O–H groups in total. The van der Waals surface area contributed by atoms with Crippen molar-refractivity contribution in [2.45, 2.75) is 18.7 Å². The molecule has 2 aromatic carbocycles. The van der Waals surface area contributed by atoms with Gasteiger partial charge in [-0.1, -0.05) is 22.0 Å². The number of nitrogens with one attached hydrogen (secondary N) is 1. The van der Waals surface area contributed by atoms with E-state index in [0.717, 1.165) is 22.2 Å². The summed E-state index contributed by atoms with van der Waals surface area (Å²) in [5, 5.41) is 0. The Hall–Kier alpha value is -1.60. The molecule has 0 bridgehead atoms. The predicted octanol–water partition coefficient (Wildman–Crippen LogP) is 3.59. The highest BCUT2D eigenvalue weighted by atomic mass is 79.9. The molecule has 0 aliphatic heterocycles. The van der Waals surface area contributed by atoms with Gasteiger partial charge in [0.25, 0.3) is 10.0 Å². The van der Waals surface area contributed by atoms with E-state index in [1.165, 1.54) is 6.92 Å². The van der Waals surface area contributed by atoms with E-state index in [2.05, 4.69) is 20.7 Å². The summed E-state index contributed by atoms with van der Waals surface area (Å²) in [6.07, 6.45) is 0. The van der Waals surface area contributed by atoms with Gasteiger partial charge in [0.15, 0.2) is 0 Å². The lowest BCUT2D eigenvalue weighted by molar-refractivity contribution is 0.599. The van der Waals surface area contributed by atoms with Crippen molar-refractivity contribution < 1.29 is 12.8 Å². The molecule has 0 saturated carbocycles. The highest BCUT2D eigenvalue weighted by Crippen LogP contribution is 2.26. The standard InChI is InChI=1S/C14H14BrFN2O2S/c1-8-3-4-10(15)6-13(8)18-21(19,20)14-7-12(17)11(16)5-9(14)2/h3-7,18H,17H2,1-2H3. The molecule has 112 valence electrons. The Balaban J connectivity index is 2.48. The Kier molecular flexibility index (Phi) is 4.25. The number of benzene rings is 2. The number of nitrogen functional groups attached to an aromatic ring is 1. The zero-order chi connectivity index (χ0) is 15.8. The molecular formula is C14H14BrFN2O2S. The summed E-state index contributed by atoms with van der Waals surface area (Å²) in [6.45, 7) is 3.31. The fourth-order valence-corrected chi connectivity index (χ4v) is 3.61. The molecule has 0 spiro atoms. The average Bonchev–Trinajstić information content (AvgIpc) is 2.37. The minimum absolute atomic E-state index is 0.0409. The van der Waals surface area contributed by atoms with E-state index in [9.17, 15) is 12.8 Å². The molecule has 0 aromatic heterocycles. The number of sulfonamides is 1. The SMILES string of the molecule is Cc1ccc(Br)cc1NS(=O)(=O)c1cc(N)c(F)cc1C. The fraction of sp³-hybridized carbons (Fsp3) is 0.143. The summed E-state index contributed by atoms with van der Waals surface area (Å²) in [5.74, 6) is -0.634. The number of anilines is 2. The summed E-state index contributed by atoms with van der Waals surface area (Å²) < 4.78 is 41.5. The molecule has 7 heteroatoms. The van der Waals surface area contributed by atoms with Crippen LogP contribution in [0, 0.1) is 19.7 Å². The van der Waals surface area contributed by atoms with Crippen molar-refractivity contribution in [1.29, 1.82) is 0 Å². The van der Waals surface area contributed by atoms with Crippen molar-refractivity contribution in [2.75, 3.05) is 10.5 Å². The summed E-state index contributed by atoms with van der Waals surface area (Å²) in [4.78, 5) is -0.0409. The number of nitrogens with two attached hydrogens (primary N) is 1. The van der Waals surface area contributed by atoms with Crippen LogP contribution in [0.3, 0.4) is 0 Å². The van der Waals surface area contributed by atoms with Gasteiger partial charge < -0.3 is 5.73 Å². The monoisotopic (exact) mass is 372 g/mol. The van der Waals surface area contributed by atoms with E-state index in [0.29, 0.717) is 11.3 Å². The topological polar surface area (TPSA) is 72.2 Å². The molecule has 0 atom stereocenters. The third kappa shape index (κ3) is 3.36. The average molecular weight is 373 g/mol. The van der Waals surface area contributed by atoms with Gasteiger partial charge >= 0.3 is 0 Å². The molecule has 0 aliphatic rings. The zero-order valence-electron chi connectivity index (χ0n) is 11.4. The number of aryl methyl sites for hydroxylation is 2. The van der Waals surface area contributed by atoms with Gasteiger partial charge in [-0.25, -0.2) is 12.8 Å². The van der Waals surface area contributed by atoms with Gasteiger partial charge in [0.2, 0.25) is 0 Å². The van der Waals surface area contributed by atoms with Gasteiger partial charge in [-0.3, -0.25) is 4.72 Å². The second-order valence-corrected chi connectivity index (χ2v) is 7.27. The van der Waals surface area contributed by atoms with Crippen molar-refractivity contribution >= 4 is 37.3 Å². The maximum Gasteiger partial charge on any atom is 0.262 e. The minimum Gasteiger partial charge on any atom is -0.396 e. The van der Waals surface area contributed by atoms with Crippen molar-refractivity contribution in [1.82, 2.24) is 0 Å². The van der Waals surface area contributed by atoms with Crippen LogP contribution in [0.1, 0.15) is 11.1 Å². The lowest BCUT2D eigenvalue weighted by Gasteiger charge is -2.13. The summed E-state index contributed by atoms with van der Waals surface area (Å²) in [6, 6.07) is 7.50. The van der Waals surface area contributed by atoms with Crippen molar-refractivity contribution in [3.63, 3.8) is 0 Å². The Morgan fingerprint density at radius 3 is 2.48 bits per heavy atom. The molecule has 21 heavy (non-hydrogen) atoms. The van der Waals surface area contributed by atoms with Crippen molar-refractivity contribution in [3.05, 3.63) is 51.7 Å². The highest BCUT2D eigenvalue weighted by molar-refractivity contribution is 9.10. The van der Waals surface area contributed by atoms with Crippen molar-refractivity contribution in [2.24, 2.45) is 0 Å². The van der Waals surface area contributed by atoms with Crippen LogP contribution in [-0.4, -0.2) is 8.42 Å². The molecule has 0 saturated heterocycles. The van der Waals surface area contributed by atoms with Gasteiger partial charge in [-0.05, 0) is 49.2 Å². The van der Waals surface area contributed by atoms with E-state index in [-0.39, 0.29) is 10.6 Å². The van der Waals surface area contributed by atoms with Crippen LogP contribution in [0.25, 0.3) is 0 Å². The normalized spacial score (nSPS) is 11.4. The van der Waals surface area contributed by atoms with Crippen LogP contribution in [0.4, 0.5) is 15.8 Å². The van der Waals surface area contributed by atoms with Crippen LogP contribution >= 0.6 is 15.9 Å². The second kappa shape index (κ2) is 5.65. The molecule has 0 amide bonds. The first kappa shape index (κ1) is 15.8. The van der Waals surface area contributed by atoms with Crippen LogP contribution < -0.4 is 10.5 Å². The molecule has 0 heterocycles. The van der Waals surface area contributed by atoms with Crippen LogP contribution in [0.5, 0.6) is 0 Å². The summed E-state index contributed by atoms with van der Waals surface area (Å²) in [5.41, 5.74) is 6.77. The van der Waals surface area contributed by atoms with Crippen LogP contribution in [0.15, 0.2) is 39.7 Å². The third-order valence-corrected chi connectivity index (χ3v) is 5.03. The van der Waals surface area contributed by atoms with E-state index in [1.54, 1.807) is 19.1 Å². The molecule has 4 nitrogen and oxygen atoms in total. The highest BCUT2D eigenvalue weighted by Gasteiger charge is 2.20. The van der Waals surface area contributed by atoms with E-state index < -0.39 is 15.8 Å². The molecule has 0 unspecified atom stereocenters. The predicted molar refractivity (Wildman–Crippen MR) is 85.2 cm³/mol. The Morgan fingerprint density at radius 2 is 1.81 bits per heavy atom. The Labute approximate surface area is 131 Å². The number of rotatable bonds is 3. The van der Waals surface area contributed by atoms with Gasteiger partial charge in [-0.2, -0.15) is 0 Å². The lowest BCUT2D eigenvalue weighted by Crippen LogP contribution is -2.15. The largest absolute Gasteiger partial charge is 0.396 e. The van der Waals surface area contributed by atoms with Crippen LogP contribution in [0.2, 0.25) is 0 Å². The third-order valence-electron chi connectivity index (χ3n) is 3.03. The van der Waals surface area contributed by atoms with E-state index >= 15 is 0 Å². The summed E-state index contributed by atoms with van der Waals surface area (Å²) in [7, 11) is -3.84.